The van der Waals surface area contributed by atoms with Crippen molar-refractivity contribution in [1.29, 1.82) is 0 Å². The molecule has 0 aliphatic carbocycles. The minimum Gasteiger partial charge on any atom is -0.394 e. The van der Waals surface area contributed by atoms with Crippen molar-refractivity contribution < 1.29 is 34.6 Å². The Labute approximate surface area is 126 Å². The molecule has 0 aromatic rings. The molecule has 0 heterocycles. The highest BCUT2D eigenvalue weighted by molar-refractivity contribution is 4.73. The highest BCUT2D eigenvalue weighted by Gasteiger charge is 2.24. The molecule has 0 radical (unpaired) electrons. The molecule has 0 bridgehead atoms. The maximum absolute atomic E-state index is 9.24. The Morgan fingerprint density at radius 1 is 0.762 bits per heavy atom. The molecule has 0 saturated heterocycles. The highest BCUT2D eigenvalue weighted by atomic mass is 16.6. The molecular weight excluding hydrogens is 280 g/mol. The molecule has 0 aliphatic rings. The molecule has 0 aliphatic heterocycles. The Balaban J connectivity index is 3.98. The van der Waals surface area contributed by atoms with Gasteiger partial charge in [-0.15, -0.1) is 0 Å². The Bertz CT molecular complexity index is 242. The van der Waals surface area contributed by atoms with E-state index in [4.69, 9.17) is 24.4 Å². The van der Waals surface area contributed by atoms with Crippen LogP contribution in [-0.4, -0.2) is 83.5 Å². The summed E-state index contributed by atoms with van der Waals surface area (Å²) in [4.78, 5) is 0. The van der Waals surface area contributed by atoms with E-state index in [1.165, 1.54) is 0 Å². The van der Waals surface area contributed by atoms with Crippen LogP contribution in [0.2, 0.25) is 0 Å². The molecule has 0 saturated carbocycles. The quantitative estimate of drug-likeness (QED) is 0.377. The lowest BCUT2D eigenvalue weighted by molar-refractivity contribution is -0.140. The molecule has 0 aromatic heterocycles. The first-order valence-corrected chi connectivity index (χ1v) is 7.05. The van der Waals surface area contributed by atoms with E-state index in [-0.39, 0.29) is 26.4 Å². The van der Waals surface area contributed by atoms with Crippen LogP contribution in [0.25, 0.3) is 0 Å². The Morgan fingerprint density at radius 3 is 1.38 bits per heavy atom. The summed E-state index contributed by atoms with van der Waals surface area (Å²) in [7, 11) is 0. The van der Waals surface area contributed by atoms with Crippen LogP contribution in [0.15, 0.2) is 0 Å². The molecule has 7 nitrogen and oxygen atoms in total. The third kappa shape index (κ3) is 11.0. The summed E-state index contributed by atoms with van der Waals surface area (Å²) in [5, 5.41) is 35.9. The number of hydrogen-bond acceptors (Lipinski definition) is 7. The van der Waals surface area contributed by atoms with Gasteiger partial charge in [0, 0.05) is 0 Å². The van der Waals surface area contributed by atoms with Gasteiger partial charge < -0.3 is 34.6 Å². The number of aliphatic hydroxyl groups excluding tert-OH is 4. The zero-order valence-electron chi connectivity index (χ0n) is 13.4. The summed E-state index contributed by atoms with van der Waals surface area (Å²) < 4.78 is 16.5. The zero-order valence-corrected chi connectivity index (χ0v) is 13.4. The van der Waals surface area contributed by atoms with E-state index in [0.717, 1.165) is 0 Å². The number of aliphatic hydroxyl groups is 4. The first-order chi connectivity index (χ1) is 9.62. The van der Waals surface area contributed by atoms with E-state index >= 15 is 0 Å². The summed E-state index contributed by atoms with van der Waals surface area (Å²) in [6.45, 7) is 7.25. The molecule has 4 N–H and O–H groups in total. The van der Waals surface area contributed by atoms with Gasteiger partial charge in [0.05, 0.1) is 50.8 Å². The number of ether oxygens (including phenoxy) is 3. The lowest BCUT2D eigenvalue weighted by Crippen LogP contribution is -2.39. The molecule has 7 heteroatoms. The lowest BCUT2D eigenvalue weighted by atomic mass is 10.1. The molecule has 0 fully saturated rings. The summed E-state index contributed by atoms with van der Waals surface area (Å²) in [6, 6.07) is 0. The topological polar surface area (TPSA) is 109 Å². The number of hydrogen-bond donors (Lipinski definition) is 4. The van der Waals surface area contributed by atoms with E-state index in [2.05, 4.69) is 0 Å². The van der Waals surface area contributed by atoms with Gasteiger partial charge in [0.25, 0.3) is 0 Å². The van der Waals surface area contributed by atoms with Crippen molar-refractivity contribution >= 4 is 0 Å². The standard InChI is InChI=1S/C14H30O7/c1-13(2,20-7-11(17)5-15)9-19-10-14(3,4)21-8-12(18)6-16/h11-12,15-18H,5-10H2,1-4H3. The molecule has 0 amide bonds. The van der Waals surface area contributed by atoms with Gasteiger partial charge in [0.15, 0.2) is 0 Å². The molecular formula is C14H30O7. The van der Waals surface area contributed by atoms with E-state index in [1.54, 1.807) is 0 Å². The van der Waals surface area contributed by atoms with Crippen LogP contribution in [-0.2, 0) is 14.2 Å². The third-order valence-electron chi connectivity index (χ3n) is 2.65. The van der Waals surface area contributed by atoms with Gasteiger partial charge in [-0.2, -0.15) is 0 Å². The first-order valence-electron chi connectivity index (χ1n) is 7.05. The Hall–Kier alpha value is -0.280. The van der Waals surface area contributed by atoms with Crippen molar-refractivity contribution in [2.24, 2.45) is 0 Å². The third-order valence-corrected chi connectivity index (χ3v) is 2.65. The van der Waals surface area contributed by atoms with Crippen LogP contribution in [0.4, 0.5) is 0 Å². The van der Waals surface area contributed by atoms with Crippen molar-refractivity contribution in [3.63, 3.8) is 0 Å². The summed E-state index contributed by atoms with van der Waals surface area (Å²) >= 11 is 0. The zero-order chi connectivity index (χ0) is 16.5. The van der Waals surface area contributed by atoms with Crippen LogP contribution in [0.1, 0.15) is 27.7 Å². The van der Waals surface area contributed by atoms with Crippen LogP contribution in [0.5, 0.6) is 0 Å². The van der Waals surface area contributed by atoms with E-state index in [1.807, 2.05) is 27.7 Å². The largest absolute Gasteiger partial charge is 0.394 e. The molecule has 0 spiro atoms. The van der Waals surface area contributed by atoms with Crippen molar-refractivity contribution in [3.05, 3.63) is 0 Å². The maximum atomic E-state index is 9.24. The van der Waals surface area contributed by atoms with Gasteiger partial charge in [0.1, 0.15) is 12.2 Å². The first kappa shape index (κ1) is 20.7. The number of rotatable bonds is 12. The fraction of sp³-hybridized carbons (Fsp3) is 1.00. The molecule has 128 valence electrons. The highest BCUT2D eigenvalue weighted by Crippen LogP contribution is 2.14. The average molecular weight is 310 g/mol. The van der Waals surface area contributed by atoms with Gasteiger partial charge in [-0.1, -0.05) is 0 Å². The van der Waals surface area contributed by atoms with Crippen LogP contribution < -0.4 is 0 Å². The van der Waals surface area contributed by atoms with E-state index < -0.39 is 23.4 Å². The summed E-state index contributed by atoms with van der Waals surface area (Å²) in [6.07, 6.45) is -1.80. The van der Waals surface area contributed by atoms with Crippen molar-refractivity contribution in [2.45, 2.75) is 51.1 Å². The molecule has 0 aromatic carbocycles. The van der Waals surface area contributed by atoms with Gasteiger partial charge in [-0.05, 0) is 27.7 Å². The minimum atomic E-state index is -0.899. The van der Waals surface area contributed by atoms with Crippen molar-refractivity contribution in [2.75, 3.05) is 39.6 Å². The maximum Gasteiger partial charge on any atom is 0.100 e. The molecule has 2 unspecified atom stereocenters. The Kier molecular flexibility index (Phi) is 9.55. The molecule has 21 heavy (non-hydrogen) atoms. The van der Waals surface area contributed by atoms with Crippen LogP contribution >= 0.6 is 0 Å². The van der Waals surface area contributed by atoms with Crippen molar-refractivity contribution in [1.82, 2.24) is 0 Å². The predicted molar refractivity (Wildman–Crippen MR) is 77.1 cm³/mol. The minimum absolute atomic E-state index is 0.0371. The Morgan fingerprint density at radius 2 is 1.10 bits per heavy atom. The smallest absolute Gasteiger partial charge is 0.100 e. The van der Waals surface area contributed by atoms with Gasteiger partial charge >= 0.3 is 0 Å². The van der Waals surface area contributed by atoms with Crippen LogP contribution in [0, 0.1) is 0 Å². The second-order valence-corrected chi connectivity index (χ2v) is 6.31. The SMILES string of the molecule is CC(C)(COCC(C)(C)OCC(O)CO)OCC(O)CO. The van der Waals surface area contributed by atoms with E-state index in [0.29, 0.717) is 13.2 Å². The second kappa shape index (κ2) is 9.68. The molecule has 0 rings (SSSR count). The summed E-state index contributed by atoms with van der Waals surface area (Å²) in [5.74, 6) is 0. The summed E-state index contributed by atoms with van der Waals surface area (Å²) in [5.41, 5.74) is -1.20. The second-order valence-electron chi connectivity index (χ2n) is 6.31. The lowest BCUT2D eigenvalue weighted by Gasteiger charge is -2.30. The fourth-order valence-corrected chi connectivity index (χ4v) is 1.37. The molecule has 2 atom stereocenters. The fourth-order valence-electron chi connectivity index (χ4n) is 1.37. The monoisotopic (exact) mass is 310 g/mol. The normalized spacial score (nSPS) is 16.0. The predicted octanol–water partition coefficient (Wildman–Crippen LogP) is -0.700. The van der Waals surface area contributed by atoms with E-state index in [9.17, 15) is 10.2 Å². The van der Waals surface area contributed by atoms with Gasteiger partial charge in [-0.3, -0.25) is 0 Å². The van der Waals surface area contributed by atoms with Crippen molar-refractivity contribution in [3.8, 4) is 0 Å². The van der Waals surface area contributed by atoms with Gasteiger partial charge in [-0.25, -0.2) is 0 Å². The van der Waals surface area contributed by atoms with Gasteiger partial charge in [0.2, 0.25) is 0 Å². The average Bonchev–Trinajstić information content (AvgIpc) is 2.41. The van der Waals surface area contributed by atoms with Crippen LogP contribution in [0.3, 0.4) is 0 Å².